The molecular formula is C13H15BrO5S. The number of furan rings is 2. The van der Waals surface area contributed by atoms with Gasteiger partial charge in [-0.2, -0.15) is 8.42 Å². The molecule has 1 aliphatic rings. The Kier molecular flexibility index (Phi) is 3.46. The third-order valence-electron chi connectivity index (χ3n) is 4.16. The zero-order valence-electron chi connectivity index (χ0n) is 10.8. The average molecular weight is 363 g/mol. The highest BCUT2D eigenvalue weighted by molar-refractivity contribution is 9.09. The fraction of sp³-hybridized carbons (Fsp3) is 0.538. The minimum absolute atomic E-state index is 0.0110. The second-order valence-corrected chi connectivity index (χ2v) is 8.24. The van der Waals surface area contributed by atoms with E-state index in [9.17, 15) is 13.0 Å². The summed E-state index contributed by atoms with van der Waals surface area (Å²) in [5, 5.41) is -0.802. The molecule has 1 aliphatic carbocycles. The molecule has 2 aromatic heterocycles. The summed E-state index contributed by atoms with van der Waals surface area (Å²) >= 11 is 3.38. The van der Waals surface area contributed by atoms with Gasteiger partial charge in [0, 0.05) is 16.5 Å². The molecule has 0 bridgehead atoms. The summed E-state index contributed by atoms with van der Waals surface area (Å²) in [6.07, 6.45) is 4.21. The fourth-order valence-electron chi connectivity index (χ4n) is 3.08. The molecule has 5 nitrogen and oxygen atoms in total. The largest absolute Gasteiger partial charge is 0.461 e. The number of halogens is 1. The summed E-state index contributed by atoms with van der Waals surface area (Å²) in [5.41, 5.74) is 2.21. The van der Waals surface area contributed by atoms with Crippen LogP contribution >= 0.6 is 15.9 Å². The summed E-state index contributed by atoms with van der Waals surface area (Å²) in [6, 6.07) is 1.74. The molecule has 3 rings (SSSR count). The molecule has 2 heterocycles. The number of alkyl halides is 1. The molecule has 0 radical (unpaired) electrons. The van der Waals surface area contributed by atoms with Crippen molar-refractivity contribution >= 4 is 37.2 Å². The molecule has 0 aromatic carbocycles. The second-order valence-electron chi connectivity index (χ2n) is 5.43. The molecule has 1 saturated carbocycles. The molecule has 1 fully saturated rings. The van der Waals surface area contributed by atoms with Gasteiger partial charge in [-0.15, -0.1) is 0 Å². The third-order valence-corrected chi connectivity index (χ3v) is 6.81. The van der Waals surface area contributed by atoms with Crippen LogP contribution in [0.5, 0.6) is 0 Å². The zero-order chi connectivity index (χ0) is 14.5. The first kappa shape index (κ1) is 14.2. The SMILES string of the molecule is CC1C[C@H](Br)C(S(=O)(=O)O)C[C@@H]1c1coc2ccoc12. The normalized spacial score (nSPS) is 31.8. The maximum absolute atomic E-state index is 11.5. The van der Waals surface area contributed by atoms with Gasteiger partial charge in [0.2, 0.25) is 0 Å². The predicted molar refractivity (Wildman–Crippen MR) is 77.7 cm³/mol. The van der Waals surface area contributed by atoms with Crippen molar-refractivity contribution in [2.75, 3.05) is 0 Å². The first-order chi connectivity index (χ1) is 9.38. The van der Waals surface area contributed by atoms with Crippen molar-refractivity contribution in [3.63, 3.8) is 0 Å². The number of hydrogen-bond donors (Lipinski definition) is 1. The molecule has 0 spiro atoms. The maximum atomic E-state index is 11.5. The van der Waals surface area contributed by atoms with Gasteiger partial charge in [-0.05, 0) is 24.7 Å². The number of hydrogen-bond acceptors (Lipinski definition) is 4. The number of rotatable bonds is 2. The van der Waals surface area contributed by atoms with Crippen molar-refractivity contribution in [2.45, 2.75) is 35.8 Å². The van der Waals surface area contributed by atoms with Crippen LogP contribution in [0.2, 0.25) is 0 Å². The molecule has 0 aliphatic heterocycles. The molecule has 7 heteroatoms. The van der Waals surface area contributed by atoms with E-state index in [0.29, 0.717) is 24.0 Å². The Hall–Kier alpha value is -0.790. The van der Waals surface area contributed by atoms with E-state index in [2.05, 4.69) is 22.9 Å². The minimum Gasteiger partial charge on any atom is -0.461 e. The quantitative estimate of drug-likeness (QED) is 0.652. The third kappa shape index (κ3) is 2.31. The van der Waals surface area contributed by atoms with Crippen LogP contribution in [0.4, 0.5) is 0 Å². The summed E-state index contributed by atoms with van der Waals surface area (Å²) in [5.74, 6) is 0.256. The van der Waals surface area contributed by atoms with Crippen LogP contribution in [0.15, 0.2) is 27.4 Å². The Labute approximate surface area is 125 Å². The predicted octanol–water partition coefficient (Wildman–Crippen LogP) is 3.56. The van der Waals surface area contributed by atoms with E-state index in [0.717, 1.165) is 5.56 Å². The lowest BCUT2D eigenvalue weighted by Gasteiger charge is -2.35. The molecule has 0 amide bonds. The Bertz CT molecular complexity index is 716. The highest BCUT2D eigenvalue weighted by atomic mass is 79.9. The van der Waals surface area contributed by atoms with Gasteiger partial charge in [0.25, 0.3) is 10.1 Å². The highest BCUT2D eigenvalue weighted by Gasteiger charge is 2.42. The van der Waals surface area contributed by atoms with Crippen LogP contribution in [0, 0.1) is 5.92 Å². The standard InChI is InChI=1S/C13H15BrO5S/c1-7-4-10(14)12(20(15,16)17)5-8(7)9-6-19-11-2-3-18-13(9)11/h2-3,6-8,10,12H,4-5H2,1H3,(H,15,16,17)/t7?,8-,10-,12?/m0/s1. The second kappa shape index (κ2) is 4.89. The van der Waals surface area contributed by atoms with Crippen molar-refractivity contribution in [2.24, 2.45) is 5.92 Å². The number of fused-ring (bicyclic) bond motifs is 1. The van der Waals surface area contributed by atoms with Crippen molar-refractivity contribution in [1.29, 1.82) is 0 Å². The van der Waals surface area contributed by atoms with Crippen LogP contribution in [0.3, 0.4) is 0 Å². The van der Waals surface area contributed by atoms with Crippen LogP contribution in [-0.2, 0) is 10.1 Å². The lowest BCUT2D eigenvalue weighted by atomic mass is 9.77. The molecular weight excluding hydrogens is 348 g/mol. The molecule has 0 saturated heterocycles. The van der Waals surface area contributed by atoms with Gasteiger partial charge in [0.05, 0.1) is 17.8 Å². The van der Waals surface area contributed by atoms with E-state index < -0.39 is 15.4 Å². The fourth-order valence-corrected chi connectivity index (χ4v) is 5.64. The summed E-state index contributed by atoms with van der Waals surface area (Å²) in [4.78, 5) is -0.234. The van der Waals surface area contributed by atoms with E-state index in [1.54, 1.807) is 18.6 Å². The molecule has 110 valence electrons. The van der Waals surface area contributed by atoms with E-state index >= 15 is 0 Å². The van der Waals surface area contributed by atoms with Gasteiger partial charge in [-0.25, -0.2) is 0 Å². The molecule has 2 aromatic rings. The minimum atomic E-state index is -4.07. The van der Waals surface area contributed by atoms with Gasteiger partial charge >= 0.3 is 0 Å². The summed E-state index contributed by atoms with van der Waals surface area (Å²) < 4.78 is 43.2. The molecule has 4 atom stereocenters. The first-order valence-corrected chi connectivity index (χ1v) is 8.84. The topological polar surface area (TPSA) is 80.7 Å². The van der Waals surface area contributed by atoms with E-state index in [1.807, 2.05) is 0 Å². The van der Waals surface area contributed by atoms with Gasteiger partial charge in [-0.1, -0.05) is 22.9 Å². The Morgan fingerprint density at radius 1 is 1.35 bits per heavy atom. The molecule has 20 heavy (non-hydrogen) atoms. The lowest BCUT2D eigenvalue weighted by Crippen LogP contribution is -2.39. The van der Waals surface area contributed by atoms with E-state index in [-0.39, 0.29) is 16.7 Å². The Balaban J connectivity index is 1.98. The van der Waals surface area contributed by atoms with Crippen molar-refractivity contribution in [3.05, 3.63) is 24.2 Å². The van der Waals surface area contributed by atoms with Crippen molar-refractivity contribution in [3.8, 4) is 0 Å². The van der Waals surface area contributed by atoms with Crippen LogP contribution in [0.25, 0.3) is 11.2 Å². The van der Waals surface area contributed by atoms with Crippen LogP contribution in [-0.4, -0.2) is 23.0 Å². The van der Waals surface area contributed by atoms with Crippen molar-refractivity contribution in [1.82, 2.24) is 0 Å². The molecule has 1 N–H and O–H groups in total. The van der Waals surface area contributed by atoms with Crippen LogP contribution in [0.1, 0.15) is 31.2 Å². The summed E-state index contributed by atoms with van der Waals surface area (Å²) in [7, 11) is -4.07. The smallest absolute Gasteiger partial charge is 0.268 e. The molecule has 2 unspecified atom stereocenters. The van der Waals surface area contributed by atoms with Gasteiger partial charge in [-0.3, -0.25) is 4.55 Å². The zero-order valence-corrected chi connectivity index (χ0v) is 13.2. The maximum Gasteiger partial charge on any atom is 0.268 e. The highest BCUT2D eigenvalue weighted by Crippen LogP contribution is 2.44. The van der Waals surface area contributed by atoms with Gasteiger partial charge in [0.1, 0.15) is 0 Å². The van der Waals surface area contributed by atoms with Gasteiger partial charge in [0.15, 0.2) is 11.2 Å². The first-order valence-electron chi connectivity index (χ1n) is 6.43. The monoisotopic (exact) mass is 362 g/mol. The van der Waals surface area contributed by atoms with E-state index in [1.165, 1.54) is 0 Å². The Morgan fingerprint density at radius 3 is 2.80 bits per heavy atom. The van der Waals surface area contributed by atoms with Gasteiger partial charge < -0.3 is 8.83 Å². The Morgan fingerprint density at radius 2 is 2.10 bits per heavy atom. The summed E-state index contributed by atoms with van der Waals surface area (Å²) in [6.45, 7) is 2.07. The van der Waals surface area contributed by atoms with Crippen LogP contribution < -0.4 is 0 Å². The average Bonchev–Trinajstić information content (AvgIpc) is 2.90. The van der Waals surface area contributed by atoms with E-state index in [4.69, 9.17) is 8.83 Å². The van der Waals surface area contributed by atoms with Crippen molar-refractivity contribution < 1.29 is 21.8 Å². The lowest BCUT2D eigenvalue weighted by molar-refractivity contribution is 0.326.